The number of guanidine groups is 1. The fourth-order valence-corrected chi connectivity index (χ4v) is 2.47. The predicted molar refractivity (Wildman–Crippen MR) is 119 cm³/mol. The number of hydrogen-bond acceptors (Lipinski definition) is 4. The molecule has 1 heterocycles. The second kappa shape index (κ2) is 12.2. The zero-order chi connectivity index (χ0) is 21.3. The third-order valence-electron chi connectivity index (χ3n) is 3.97. The number of nitrogens with one attached hydrogen (secondary N) is 2. The molecular formula is C20H27F3IN3O3. The minimum Gasteiger partial charge on any atom is -0.466 e. The van der Waals surface area contributed by atoms with E-state index in [1.54, 1.807) is 43.3 Å². The Hall–Kier alpha value is -1.79. The molecule has 0 radical (unpaired) electrons. The van der Waals surface area contributed by atoms with Gasteiger partial charge in [0.25, 0.3) is 0 Å². The van der Waals surface area contributed by atoms with Crippen molar-refractivity contribution in [2.45, 2.75) is 38.8 Å². The Morgan fingerprint density at radius 3 is 2.37 bits per heavy atom. The van der Waals surface area contributed by atoms with Crippen LogP contribution in [-0.4, -0.2) is 36.9 Å². The molecule has 1 unspecified atom stereocenters. The fraction of sp³-hybridized carbons (Fsp3) is 0.450. The molecule has 2 aromatic rings. The molecule has 3 N–H and O–H groups in total. The normalized spacial score (nSPS) is 14.0. The Labute approximate surface area is 190 Å². The summed E-state index contributed by atoms with van der Waals surface area (Å²) in [5.41, 5.74) is 0.346. The Kier molecular flexibility index (Phi) is 10.6. The molecule has 30 heavy (non-hydrogen) atoms. The van der Waals surface area contributed by atoms with E-state index in [-0.39, 0.29) is 37.1 Å². The first-order valence-corrected chi connectivity index (χ1v) is 9.20. The van der Waals surface area contributed by atoms with Crippen LogP contribution in [0.1, 0.15) is 30.7 Å². The molecule has 2 rings (SSSR count). The predicted octanol–water partition coefficient (Wildman–Crippen LogP) is 3.94. The maximum atomic E-state index is 12.1. The molecule has 0 saturated heterocycles. The summed E-state index contributed by atoms with van der Waals surface area (Å²) in [5.74, 6) is 0.973. The molecule has 10 heteroatoms. The van der Waals surface area contributed by atoms with E-state index < -0.39 is 18.4 Å². The molecule has 6 nitrogen and oxygen atoms in total. The highest BCUT2D eigenvalue weighted by molar-refractivity contribution is 14.0. The van der Waals surface area contributed by atoms with Crippen molar-refractivity contribution in [3.63, 3.8) is 0 Å². The van der Waals surface area contributed by atoms with Gasteiger partial charge in [0.1, 0.15) is 18.0 Å². The summed E-state index contributed by atoms with van der Waals surface area (Å²) in [7, 11) is 0. The largest absolute Gasteiger partial charge is 0.466 e. The summed E-state index contributed by atoms with van der Waals surface area (Å²) in [6, 6.07) is 10.4. The van der Waals surface area contributed by atoms with Gasteiger partial charge >= 0.3 is 6.18 Å². The van der Waals surface area contributed by atoms with Gasteiger partial charge in [0.15, 0.2) is 5.96 Å². The van der Waals surface area contributed by atoms with Crippen molar-refractivity contribution in [3.05, 3.63) is 59.5 Å². The van der Waals surface area contributed by atoms with Gasteiger partial charge in [-0.15, -0.1) is 24.0 Å². The highest BCUT2D eigenvalue weighted by atomic mass is 127. The van der Waals surface area contributed by atoms with E-state index in [2.05, 4.69) is 20.4 Å². The molecule has 0 amide bonds. The molecule has 0 aliphatic heterocycles. The third-order valence-corrected chi connectivity index (χ3v) is 3.97. The van der Waals surface area contributed by atoms with Gasteiger partial charge in [-0.05, 0) is 37.1 Å². The van der Waals surface area contributed by atoms with Crippen molar-refractivity contribution in [1.82, 2.24) is 10.6 Å². The molecular weight excluding hydrogens is 514 g/mol. The number of benzene rings is 1. The molecule has 168 valence electrons. The van der Waals surface area contributed by atoms with Gasteiger partial charge in [-0.1, -0.05) is 24.3 Å². The smallest absolute Gasteiger partial charge is 0.411 e. The third kappa shape index (κ3) is 9.35. The first-order chi connectivity index (χ1) is 13.7. The van der Waals surface area contributed by atoms with Gasteiger partial charge in [0.2, 0.25) is 0 Å². The van der Waals surface area contributed by atoms with Crippen LogP contribution >= 0.6 is 24.0 Å². The van der Waals surface area contributed by atoms with Crippen LogP contribution in [0.25, 0.3) is 0 Å². The molecule has 0 saturated carbocycles. The Bertz CT molecular complexity index is 764. The summed E-state index contributed by atoms with van der Waals surface area (Å²) in [4.78, 5) is 4.46. The first kappa shape index (κ1) is 26.2. The van der Waals surface area contributed by atoms with Crippen molar-refractivity contribution < 1.29 is 27.4 Å². The van der Waals surface area contributed by atoms with Gasteiger partial charge in [-0.25, -0.2) is 4.99 Å². The number of ether oxygens (including phenoxy) is 1. The van der Waals surface area contributed by atoms with Gasteiger partial charge in [-0.2, -0.15) is 13.2 Å². The Morgan fingerprint density at radius 2 is 1.80 bits per heavy atom. The molecule has 0 spiro atoms. The molecule has 1 atom stereocenters. The second-order valence-corrected chi connectivity index (χ2v) is 6.72. The van der Waals surface area contributed by atoms with Crippen LogP contribution < -0.4 is 10.6 Å². The monoisotopic (exact) mass is 541 g/mol. The fourth-order valence-electron chi connectivity index (χ4n) is 2.47. The van der Waals surface area contributed by atoms with Crippen LogP contribution in [0.15, 0.2) is 52.1 Å². The lowest BCUT2D eigenvalue weighted by atomic mass is 10.0. The van der Waals surface area contributed by atoms with Crippen LogP contribution in [0.4, 0.5) is 13.2 Å². The summed E-state index contributed by atoms with van der Waals surface area (Å²) in [6.07, 6.45) is -2.83. The van der Waals surface area contributed by atoms with Gasteiger partial charge in [-0.3, -0.25) is 0 Å². The minimum absolute atomic E-state index is 0. The number of aliphatic imine (C=N–C) groups is 1. The van der Waals surface area contributed by atoms with E-state index in [4.69, 9.17) is 4.42 Å². The van der Waals surface area contributed by atoms with Crippen LogP contribution in [0.5, 0.6) is 0 Å². The number of rotatable bonds is 9. The molecule has 1 aromatic heterocycles. The molecule has 0 aliphatic rings. The lowest BCUT2D eigenvalue weighted by molar-refractivity contribution is -0.176. The van der Waals surface area contributed by atoms with E-state index in [1.807, 2.05) is 6.92 Å². The topological polar surface area (TPSA) is 79.0 Å². The van der Waals surface area contributed by atoms with Crippen LogP contribution in [0.3, 0.4) is 0 Å². The maximum absolute atomic E-state index is 12.1. The number of hydrogen-bond donors (Lipinski definition) is 3. The second-order valence-electron chi connectivity index (χ2n) is 6.72. The Morgan fingerprint density at radius 1 is 1.13 bits per heavy atom. The molecule has 0 fully saturated rings. The van der Waals surface area contributed by atoms with Gasteiger partial charge < -0.3 is 24.9 Å². The number of furan rings is 1. The zero-order valence-corrected chi connectivity index (χ0v) is 19.2. The average molecular weight is 541 g/mol. The SMILES string of the molecule is CCNC(=NCc1ccc(COCC(F)(F)F)cc1)NCC(C)(O)c1ccco1.I. The van der Waals surface area contributed by atoms with Crippen molar-refractivity contribution in [3.8, 4) is 0 Å². The van der Waals surface area contributed by atoms with Crippen molar-refractivity contribution >= 4 is 29.9 Å². The summed E-state index contributed by atoms with van der Waals surface area (Å²) in [6.45, 7) is 3.40. The molecule has 1 aromatic carbocycles. The lowest BCUT2D eigenvalue weighted by Gasteiger charge is -2.22. The summed E-state index contributed by atoms with van der Waals surface area (Å²) in [5, 5.41) is 16.7. The Balaban J connectivity index is 0.00000450. The quantitative estimate of drug-likeness (QED) is 0.255. The van der Waals surface area contributed by atoms with E-state index in [0.717, 1.165) is 5.56 Å². The summed E-state index contributed by atoms with van der Waals surface area (Å²) < 4.78 is 46.2. The zero-order valence-electron chi connectivity index (χ0n) is 16.8. The van der Waals surface area contributed by atoms with Crippen LogP contribution in [-0.2, 0) is 23.5 Å². The number of halogens is 4. The van der Waals surface area contributed by atoms with Gasteiger partial charge in [0, 0.05) is 6.54 Å². The van der Waals surface area contributed by atoms with Crippen molar-refractivity contribution in [2.75, 3.05) is 19.7 Å². The standard InChI is InChI=1S/C20H26F3N3O3.HI/c1-3-24-18(26-13-19(2,27)17-5-4-10-29-17)25-11-15-6-8-16(9-7-15)12-28-14-20(21,22)23;/h4-10,27H,3,11-14H2,1-2H3,(H2,24,25,26);1H. The highest BCUT2D eigenvalue weighted by Gasteiger charge is 2.27. The number of nitrogens with zero attached hydrogens (tertiary/aromatic N) is 1. The van der Waals surface area contributed by atoms with E-state index in [9.17, 15) is 18.3 Å². The van der Waals surface area contributed by atoms with Crippen LogP contribution in [0, 0.1) is 0 Å². The maximum Gasteiger partial charge on any atom is 0.411 e. The van der Waals surface area contributed by atoms with Crippen molar-refractivity contribution in [2.24, 2.45) is 4.99 Å². The number of aliphatic hydroxyl groups is 1. The van der Waals surface area contributed by atoms with E-state index >= 15 is 0 Å². The van der Waals surface area contributed by atoms with Gasteiger partial charge in [0.05, 0.1) is 26.0 Å². The molecule has 0 aliphatic carbocycles. The average Bonchev–Trinajstić information content (AvgIpc) is 3.20. The minimum atomic E-state index is -4.33. The van der Waals surface area contributed by atoms with E-state index in [0.29, 0.717) is 30.4 Å². The lowest BCUT2D eigenvalue weighted by Crippen LogP contribution is -2.44. The molecule has 0 bridgehead atoms. The summed E-state index contributed by atoms with van der Waals surface area (Å²) >= 11 is 0. The van der Waals surface area contributed by atoms with Crippen LogP contribution in [0.2, 0.25) is 0 Å². The number of alkyl halides is 3. The van der Waals surface area contributed by atoms with E-state index in [1.165, 1.54) is 6.26 Å². The highest BCUT2D eigenvalue weighted by Crippen LogP contribution is 2.19. The first-order valence-electron chi connectivity index (χ1n) is 9.20. The van der Waals surface area contributed by atoms with Crippen molar-refractivity contribution in [1.29, 1.82) is 0 Å².